The monoisotopic (exact) mass is 253 g/mol. The maximum absolute atomic E-state index is 6.22. The highest BCUT2D eigenvalue weighted by molar-refractivity contribution is 4.87. The fraction of sp³-hybridized carbons (Fsp3) is 1.00. The molecule has 0 amide bonds. The number of hydrogen-bond donors (Lipinski definition) is 1. The largest absolute Gasteiger partial charge is 0.377 e. The van der Waals surface area contributed by atoms with Crippen molar-refractivity contribution >= 4 is 0 Å². The molecule has 3 atom stereocenters. The fourth-order valence-electron chi connectivity index (χ4n) is 3.44. The summed E-state index contributed by atoms with van der Waals surface area (Å²) in [4.78, 5) is 0. The van der Waals surface area contributed by atoms with E-state index in [1.54, 1.807) is 0 Å². The van der Waals surface area contributed by atoms with Crippen LogP contribution in [0.15, 0.2) is 0 Å². The van der Waals surface area contributed by atoms with Gasteiger partial charge in [-0.1, -0.05) is 20.8 Å². The highest BCUT2D eigenvalue weighted by Crippen LogP contribution is 2.34. The van der Waals surface area contributed by atoms with Gasteiger partial charge in [-0.3, -0.25) is 0 Å². The highest BCUT2D eigenvalue weighted by Gasteiger charge is 2.32. The third kappa shape index (κ3) is 4.55. The van der Waals surface area contributed by atoms with Crippen molar-refractivity contribution in [3.05, 3.63) is 0 Å². The lowest BCUT2D eigenvalue weighted by Gasteiger charge is -2.32. The Labute approximate surface area is 113 Å². The predicted molar refractivity (Wildman–Crippen MR) is 76.7 cm³/mol. The summed E-state index contributed by atoms with van der Waals surface area (Å²) < 4.78 is 6.22. The maximum atomic E-state index is 6.22. The van der Waals surface area contributed by atoms with Crippen molar-refractivity contribution in [3.8, 4) is 0 Å². The van der Waals surface area contributed by atoms with Crippen molar-refractivity contribution in [2.75, 3.05) is 13.2 Å². The van der Waals surface area contributed by atoms with Crippen molar-refractivity contribution in [2.45, 2.75) is 71.4 Å². The number of hydrogen-bond acceptors (Lipinski definition) is 2. The molecule has 0 spiro atoms. The Hall–Kier alpha value is -0.0800. The van der Waals surface area contributed by atoms with Crippen molar-refractivity contribution in [1.82, 2.24) is 5.32 Å². The normalized spacial score (nSPS) is 34.5. The van der Waals surface area contributed by atoms with Crippen LogP contribution < -0.4 is 5.32 Å². The molecule has 18 heavy (non-hydrogen) atoms. The van der Waals surface area contributed by atoms with Gasteiger partial charge in [-0.25, -0.2) is 0 Å². The summed E-state index contributed by atoms with van der Waals surface area (Å²) in [6.45, 7) is 9.07. The van der Waals surface area contributed by atoms with Gasteiger partial charge in [0, 0.05) is 6.04 Å². The van der Waals surface area contributed by atoms with Crippen LogP contribution in [0.25, 0.3) is 0 Å². The molecule has 0 radical (unpaired) electrons. The van der Waals surface area contributed by atoms with E-state index in [-0.39, 0.29) is 0 Å². The molecule has 2 heteroatoms. The van der Waals surface area contributed by atoms with Crippen LogP contribution in [0, 0.1) is 17.8 Å². The summed E-state index contributed by atoms with van der Waals surface area (Å²) in [5.41, 5.74) is 0. The standard InChI is InChI=1S/C16H31NO/c1-4-7-17-16(14-5-6-14)11-18-15-9-12(2)8-13(3)10-15/h12-17H,4-11H2,1-3H3. The molecule has 0 aromatic carbocycles. The second-order valence-electron chi connectivity index (χ2n) is 6.77. The van der Waals surface area contributed by atoms with E-state index >= 15 is 0 Å². The van der Waals surface area contributed by atoms with Crippen molar-refractivity contribution < 1.29 is 4.74 Å². The van der Waals surface area contributed by atoms with E-state index in [4.69, 9.17) is 4.74 Å². The summed E-state index contributed by atoms with van der Waals surface area (Å²) >= 11 is 0. The smallest absolute Gasteiger partial charge is 0.0626 e. The number of ether oxygens (including phenoxy) is 1. The van der Waals surface area contributed by atoms with E-state index in [0.29, 0.717) is 12.1 Å². The molecule has 2 aliphatic rings. The van der Waals surface area contributed by atoms with Gasteiger partial charge in [0.15, 0.2) is 0 Å². The van der Waals surface area contributed by atoms with E-state index in [2.05, 4.69) is 26.1 Å². The van der Waals surface area contributed by atoms with E-state index in [1.165, 1.54) is 38.5 Å². The van der Waals surface area contributed by atoms with E-state index in [9.17, 15) is 0 Å². The molecule has 106 valence electrons. The molecule has 1 N–H and O–H groups in total. The van der Waals surface area contributed by atoms with Crippen LogP contribution in [0.1, 0.15) is 59.3 Å². The quantitative estimate of drug-likeness (QED) is 0.748. The van der Waals surface area contributed by atoms with Crippen LogP contribution in [0.4, 0.5) is 0 Å². The van der Waals surface area contributed by atoms with Gasteiger partial charge in [0.1, 0.15) is 0 Å². The third-order valence-corrected chi connectivity index (χ3v) is 4.49. The summed E-state index contributed by atoms with van der Waals surface area (Å²) in [5.74, 6) is 2.60. The van der Waals surface area contributed by atoms with Crippen LogP contribution in [0.3, 0.4) is 0 Å². The van der Waals surface area contributed by atoms with Crippen molar-refractivity contribution in [3.63, 3.8) is 0 Å². The molecule has 2 saturated carbocycles. The fourth-order valence-corrected chi connectivity index (χ4v) is 3.44. The predicted octanol–water partition coefficient (Wildman–Crippen LogP) is 3.61. The topological polar surface area (TPSA) is 21.3 Å². The molecule has 0 aromatic heterocycles. The minimum Gasteiger partial charge on any atom is -0.377 e. The van der Waals surface area contributed by atoms with Gasteiger partial charge >= 0.3 is 0 Å². The van der Waals surface area contributed by atoms with Gasteiger partial charge < -0.3 is 10.1 Å². The second-order valence-corrected chi connectivity index (χ2v) is 6.77. The molecular weight excluding hydrogens is 222 g/mol. The minimum absolute atomic E-state index is 0.522. The van der Waals surface area contributed by atoms with Crippen LogP contribution in [-0.2, 0) is 4.74 Å². The Morgan fingerprint density at radius 3 is 2.33 bits per heavy atom. The van der Waals surface area contributed by atoms with Gasteiger partial charge in [0.2, 0.25) is 0 Å². The Balaban J connectivity index is 1.71. The molecule has 0 saturated heterocycles. The highest BCUT2D eigenvalue weighted by atomic mass is 16.5. The van der Waals surface area contributed by atoms with E-state index < -0.39 is 0 Å². The Morgan fingerprint density at radius 1 is 1.11 bits per heavy atom. The van der Waals surface area contributed by atoms with Gasteiger partial charge in [-0.2, -0.15) is 0 Å². The molecule has 0 aromatic rings. The first-order valence-electron chi connectivity index (χ1n) is 8.04. The lowest BCUT2D eigenvalue weighted by atomic mass is 9.82. The zero-order valence-electron chi connectivity index (χ0n) is 12.5. The first-order valence-corrected chi connectivity index (χ1v) is 8.04. The second kappa shape index (κ2) is 6.91. The van der Waals surface area contributed by atoms with Crippen LogP contribution in [0.2, 0.25) is 0 Å². The summed E-state index contributed by atoms with van der Waals surface area (Å²) in [6.07, 6.45) is 8.49. The van der Waals surface area contributed by atoms with Gasteiger partial charge in [-0.15, -0.1) is 0 Å². The number of rotatable bonds is 7. The van der Waals surface area contributed by atoms with Crippen LogP contribution in [-0.4, -0.2) is 25.3 Å². The third-order valence-electron chi connectivity index (χ3n) is 4.49. The average molecular weight is 253 g/mol. The summed E-state index contributed by atoms with van der Waals surface area (Å²) in [7, 11) is 0. The molecule has 2 fully saturated rings. The molecule has 2 rings (SSSR count). The summed E-state index contributed by atoms with van der Waals surface area (Å²) in [6, 6.07) is 0.623. The average Bonchev–Trinajstić information content (AvgIpc) is 3.12. The van der Waals surface area contributed by atoms with Gasteiger partial charge in [0.05, 0.1) is 12.7 Å². The lowest BCUT2D eigenvalue weighted by Crippen LogP contribution is -2.38. The lowest BCUT2D eigenvalue weighted by molar-refractivity contribution is -0.0113. The molecule has 2 nitrogen and oxygen atoms in total. The van der Waals surface area contributed by atoms with Crippen LogP contribution in [0.5, 0.6) is 0 Å². The molecular formula is C16H31NO. The van der Waals surface area contributed by atoms with Gasteiger partial charge in [0.25, 0.3) is 0 Å². The number of nitrogens with one attached hydrogen (secondary N) is 1. The first-order chi connectivity index (χ1) is 8.69. The van der Waals surface area contributed by atoms with Crippen molar-refractivity contribution in [2.24, 2.45) is 17.8 Å². The molecule has 2 aliphatic carbocycles. The van der Waals surface area contributed by atoms with Crippen LogP contribution >= 0.6 is 0 Å². The van der Waals surface area contributed by atoms with Crippen molar-refractivity contribution in [1.29, 1.82) is 0 Å². The Kier molecular flexibility index (Phi) is 5.50. The molecule has 0 aliphatic heterocycles. The van der Waals surface area contributed by atoms with E-state index in [0.717, 1.165) is 30.9 Å². The van der Waals surface area contributed by atoms with Gasteiger partial charge in [-0.05, 0) is 62.8 Å². The molecule has 0 bridgehead atoms. The molecule has 0 heterocycles. The zero-order valence-corrected chi connectivity index (χ0v) is 12.5. The minimum atomic E-state index is 0.522. The SMILES string of the molecule is CCCNC(COC1CC(C)CC(C)C1)C1CC1. The molecule has 3 unspecified atom stereocenters. The zero-order chi connectivity index (χ0) is 13.0. The Morgan fingerprint density at radius 2 is 1.78 bits per heavy atom. The maximum Gasteiger partial charge on any atom is 0.0626 e. The van der Waals surface area contributed by atoms with E-state index in [1.807, 2.05) is 0 Å². The first kappa shape index (κ1) is 14.3. The summed E-state index contributed by atoms with van der Waals surface area (Å²) in [5, 5.41) is 3.67. The Bertz CT molecular complexity index is 229.